The summed E-state index contributed by atoms with van der Waals surface area (Å²) in [5.74, 6) is -2.09. The van der Waals surface area contributed by atoms with Gasteiger partial charge in [-0.1, -0.05) is 37.4 Å². The van der Waals surface area contributed by atoms with E-state index in [1.54, 1.807) is 39.2 Å². The maximum atomic E-state index is 12.9. The Hall–Kier alpha value is -2.12. The molecule has 3 fully saturated rings. The molecular weight excluding hydrogens is 927 g/mol. The topological polar surface area (TPSA) is 230 Å². The number of aromatic nitrogens is 5. The zero-order valence-corrected chi connectivity index (χ0v) is 44.7. The Labute approximate surface area is 417 Å². The van der Waals surface area contributed by atoms with Crippen molar-refractivity contribution < 1.29 is 54.3 Å². The predicted molar refractivity (Wildman–Crippen MR) is 263 cm³/mol. The number of ether oxygens (including phenoxy) is 5. The van der Waals surface area contributed by atoms with E-state index in [0.717, 1.165) is 22.7 Å². The summed E-state index contributed by atoms with van der Waals surface area (Å²) in [4.78, 5) is 6.39. The van der Waals surface area contributed by atoms with Crippen molar-refractivity contribution in [3.8, 4) is 10.6 Å². The van der Waals surface area contributed by atoms with Crippen LogP contribution in [0.5, 0.6) is 0 Å². The Morgan fingerprint density at radius 1 is 0.928 bits per heavy atom. The number of thiophene rings is 1. The molecule has 0 amide bonds. The fourth-order valence-corrected chi connectivity index (χ4v) is 13.0. The van der Waals surface area contributed by atoms with Gasteiger partial charge < -0.3 is 64.1 Å². The number of likely N-dealkylation sites (N-methyl/N-ethyl adjacent to an activating group) is 2. The molecule has 0 aromatic carbocycles. The van der Waals surface area contributed by atoms with Gasteiger partial charge in [-0.25, -0.2) is 0 Å². The molecule has 19 atom stereocenters. The fraction of sp³-hybridized carbons (Fsp3) is 0.837. The van der Waals surface area contributed by atoms with Crippen molar-refractivity contribution in [1.82, 2.24) is 34.4 Å². The van der Waals surface area contributed by atoms with Crippen LogP contribution in [0, 0.1) is 23.7 Å². The SMILES string of the molecule is CC[C@H]1OC(O)[C@H](C)[C@@H](C2C[C@@](C)(OC)[C@@H](O)[C@H](C)O2)[C@H](C)[C@@H](O[C@@H]2O[C@H](C)C[C@H](N(C)CCc3cn(CCc4ccc(-c5csnn5)s4)nn3)[C@H]2O)[C@](C)(O)C[C@@H](C)CN(C)[C@H](C)[C@@H](O)[C@]1(C)O. The molecule has 6 rings (SSSR count). The third kappa shape index (κ3) is 13.0. The quantitative estimate of drug-likeness (QED) is 0.142. The number of methoxy groups -OCH3 is 1. The van der Waals surface area contributed by atoms with Crippen LogP contribution >= 0.6 is 22.9 Å². The first kappa shape index (κ1) is 56.2. The molecule has 0 bridgehead atoms. The lowest BCUT2D eigenvalue weighted by atomic mass is 9.68. The zero-order chi connectivity index (χ0) is 50.7. The monoisotopic (exact) mass is 1010 g/mol. The van der Waals surface area contributed by atoms with Crippen LogP contribution in [0.4, 0.5) is 0 Å². The van der Waals surface area contributed by atoms with Crippen molar-refractivity contribution >= 4 is 22.9 Å². The van der Waals surface area contributed by atoms with E-state index in [4.69, 9.17) is 23.7 Å². The zero-order valence-electron chi connectivity index (χ0n) is 43.1. The van der Waals surface area contributed by atoms with Gasteiger partial charge in [0, 0.05) is 80.5 Å². The number of aliphatic hydroxyl groups excluding tert-OH is 4. The molecule has 3 aliphatic heterocycles. The molecule has 69 heavy (non-hydrogen) atoms. The van der Waals surface area contributed by atoms with Gasteiger partial charge in [0.1, 0.15) is 29.6 Å². The highest BCUT2D eigenvalue weighted by molar-refractivity contribution is 7.15. The van der Waals surface area contributed by atoms with E-state index in [-0.39, 0.29) is 30.9 Å². The molecule has 3 saturated heterocycles. The predicted octanol–water partition coefficient (Wildman–Crippen LogP) is 3.99. The average Bonchev–Trinajstić information content (AvgIpc) is 4.10. The third-order valence-corrected chi connectivity index (χ3v) is 17.5. The maximum Gasteiger partial charge on any atom is 0.185 e. The Morgan fingerprint density at radius 3 is 2.32 bits per heavy atom. The molecule has 18 nitrogen and oxygen atoms in total. The normalized spacial score (nSPS) is 41.5. The average molecular weight is 1010 g/mol. The van der Waals surface area contributed by atoms with Gasteiger partial charge in [-0.2, -0.15) is 0 Å². The summed E-state index contributed by atoms with van der Waals surface area (Å²) in [7, 11) is 5.40. The molecule has 0 radical (unpaired) electrons. The minimum absolute atomic E-state index is 0.145. The highest BCUT2D eigenvalue weighted by atomic mass is 32.1. The standard InChI is InChI=1S/C49H83N7O11S2/c1-14-39-49(10,62)42(58)31(6)55(12)24-27(2)22-47(8,61)44(29(4)40(30(5)45(60)66-39)37-23-48(9,63-13)43(59)32(7)65-37)67-46-41(57)36(21-28(3)64-46)54(11)19-17-33-25-56(52-50-33)20-18-34-15-16-38(69-34)35-26-68-53-51-35/h15-16,25-32,36-37,39-46,57-62H,14,17-24H2,1-13H3/t27-,28-,29+,30-,31-,32+,36+,37?,39-,40+,41-,42-,43+,44-,45?,46+,47-,48-,49-/m1/s1. The number of hydrogen-bond acceptors (Lipinski definition) is 19. The second-order valence-corrected chi connectivity index (χ2v) is 23.2. The third-order valence-electron chi connectivity index (χ3n) is 15.8. The van der Waals surface area contributed by atoms with Crippen molar-refractivity contribution in [3.63, 3.8) is 0 Å². The number of aliphatic hydroxyl groups is 6. The molecule has 3 aliphatic rings. The van der Waals surface area contributed by atoms with Crippen LogP contribution in [0.3, 0.4) is 0 Å². The van der Waals surface area contributed by atoms with Crippen LogP contribution in [0.15, 0.2) is 23.7 Å². The van der Waals surface area contributed by atoms with E-state index in [2.05, 4.69) is 36.9 Å². The van der Waals surface area contributed by atoms with Crippen molar-refractivity contribution in [2.75, 3.05) is 34.3 Å². The molecule has 0 aliphatic carbocycles. The summed E-state index contributed by atoms with van der Waals surface area (Å²) in [6, 6.07) is 3.30. The van der Waals surface area contributed by atoms with E-state index in [1.165, 1.54) is 16.4 Å². The molecule has 2 unspecified atom stereocenters. The lowest BCUT2D eigenvalue weighted by Crippen LogP contribution is -2.62. The molecular formula is C49H83N7O11S2. The van der Waals surface area contributed by atoms with E-state index < -0.39 is 95.9 Å². The smallest absolute Gasteiger partial charge is 0.185 e. The van der Waals surface area contributed by atoms with Crippen LogP contribution in [0.2, 0.25) is 0 Å². The van der Waals surface area contributed by atoms with Crippen molar-refractivity contribution in [1.29, 1.82) is 0 Å². The number of nitrogens with zero attached hydrogens (tertiary/aromatic N) is 7. The molecule has 0 spiro atoms. The minimum atomic E-state index is -1.75. The van der Waals surface area contributed by atoms with Gasteiger partial charge in [-0.15, -0.1) is 21.5 Å². The Morgan fingerprint density at radius 2 is 1.65 bits per heavy atom. The van der Waals surface area contributed by atoms with E-state index >= 15 is 0 Å². The van der Waals surface area contributed by atoms with Crippen LogP contribution in [0.25, 0.3) is 10.6 Å². The fourth-order valence-electron chi connectivity index (χ4n) is 11.5. The molecule has 6 N–H and O–H groups in total. The van der Waals surface area contributed by atoms with Crippen LogP contribution < -0.4 is 0 Å². The second kappa shape index (κ2) is 23.4. The van der Waals surface area contributed by atoms with Crippen molar-refractivity contribution in [2.24, 2.45) is 23.7 Å². The van der Waals surface area contributed by atoms with E-state index in [0.29, 0.717) is 38.9 Å². The van der Waals surface area contributed by atoms with Gasteiger partial charge in [-0.3, -0.25) is 4.68 Å². The van der Waals surface area contributed by atoms with Crippen LogP contribution in [-0.4, -0.2) is 190 Å². The Kier molecular flexibility index (Phi) is 19.0. The Balaban J connectivity index is 1.25. The molecule has 3 aromatic heterocycles. The summed E-state index contributed by atoms with van der Waals surface area (Å²) >= 11 is 3.04. The van der Waals surface area contributed by atoms with Gasteiger partial charge in [-0.05, 0) is 116 Å². The highest BCUT2D eigenvalue weighted by Gasteiger charge is 2.55. The summed E-state index contributed by atoms with van der Waals surface area (Å²) < 4.78 is 38.4. The highest BCUT2D eigenvalue weighted by Crippen LogP contribution is 2.45. The van der Waals surface area contributed by atoms with E-state index in [9.17, 15) is 30.6 Å². The first-order valence-electron chi connectivity index (χ1n) is 24.9. The van der Waals surface area contributed by atoms with Gasteiger partial charge in [0.15, 0.2) is 12.6 Å². The molecule has 20 heteroatoms. The first-order valence-corrected chi connectivity index (χ1v) is 26.6. The van der Waals surface area contributed by atoms with Crippen molar-refractivity contribution in [2.45, 2.75) is 205 Å². The van der Waals surface area contributed by atoms with Gasteiger partial charge >= 0.3 is 0 Å². The van der Waals surface area contributed by atoms with Gasteiger partial charge in [0.2, 0.25) is 0 Å². The summed E-state index contributed by atoms with van der Waals surface area (Å²) in [5.41, 5.74) is -2.58. The molecule has 6 heterocycles. The lowest BCUT2D eigenvalue weighted by Gasteiger charge is -2.52. The molecule has 3 aromatic rings. The summed E-state index contributed by atoms with van der Waals surface area (Å²) in [5, 5.41) is 87.3. The number of aryl methyl sites for hydroxylation is 2. The molecule has 0 saturated carbocycles. The Bertz CT molecular complexity index is 2030. The largest absolute Gasteiger partial charge is 0.388 e. The van der Waals surface area contributed by atoms with Crippen LogP contribution in [0.1, 0.15) is 105 Å². The number of rotatable bonds is 13. The summed E-state index contributed by atoms with van der Waals surface area (Å²) in [6.07, 6.45) is -4.80. The van der Waals surface area contributed by atoms with E-state index in [1.807, 2.05) is 83.7 Å². The van der Waals surface area contributed by atoms with Crippen LogP contribution in [-0.2, 0) is 43.1 Å². The first-order chi connectivity index (χ1) is 32.4. The van der Waals surface area contributed by atoms with Crippen molar-refractivity contribution in [3.05, 3.63) is 34.3 Å². The second-order valence-electron chi connectivity index (χ2n) is 21.5. The lowest BCUT2D eigenvalue weighted by molar-refractivity contribution is -0.307. The van der Waals surface area contributed by atoms with Gasteiger partial charge in [0.05, 0.1) is 52.3 Å². The molecule has 392 valence electrons. The maximum absolute atomic E-state index is 12.9. The minimum Gasteiger partial charge on any atom is -0.388 e. The summed E-state index contributed by atoms with van der Waals surface area (Å²) in [6.45, 7) is 20.1. The number of hydrogen-bond donors (Lipinski definition) is 6. The van der Waals surface area contributed by atoms with Gasteiger partial charge in [0.25, 0.3) is 0 Å².